The zero-order valence-corrected chi connectivity index (χ0v) is 12.5. The molecule has 2 aromatic rings. The molecule has 1 aliphatic rings. The van der Waals surface area contributed by atoms with Gasteiger partial charge in [0.05, 0.1) is 0 Å². The lowest BCUT2D eigenvalue weighted by Gasteiger charge is -2.15. The predicted octanol–water partition coefficient (Wildman–Crippen LogP) is 1.23. The fourth-order valence-corrected chi connectivity index (χ4v) is 2.58. The van der Waals surface area contributed by atoms with E-state index in [9.17, 15) is 17.6 Å². The first-order chi connectivity index (χ1) is 10.8. The monoisotopic (exact) mass is 331 g/mol. The van der Waals surface area contributed by atoms with Gasteiger partial charge >= 0.3 is 6.18 Å². The average molecular weight is 331 g/mol. The Hall–Kier alpha value is -2.10. The van der Waals surface area contributed by atoms with E-state index >= 15 is 0 Å². The van der Waals surface area contributed by atoms with Gasteiger partial charge in [0, 0.05) is 24.1 Å². The van der Waals surface area contributed by atoms with E-state index in [0.717, 1.165) is 4.68 Å². The van der Waals surface area contributed by atoms with Crippen LogP contribution >= 0.6 is 0 Å². The van der Waals surface area contributed by atoms with Crippen LogP contribution in [0.2, 0.25) is 0 Å². The van der Waals surface area contributed by atoms with E-state index in [0.29, 0.717) is 11.3 Å². The number of nitrogens with one attached hydrogen (secondary N) is 1. The molecule has 0 aromatic carbocycles. The van der Waals surface area contributed by atoms with Crippen LogP contribution < -0.4 is 10.00 Å². The Morgan fingerprint density at radius 3 is 2.57 bits per heavy atom. The Balaban J connectivity index is 1.95. The van der Waals surface area contributed by atoms with Gasteiger partial charge in [0.1, 0.15) is 5.21 Å². The third kappa shape index (κ3) is 2.56. The van der Waals surface area contributed by atoms with Gasteiger partial charge in [-0.15, -0.1) is 4.68 Å². The van der Waals surface area contributed by atoms with Crippen LogP contribution in [0, 0.1) is 12.9 Å². The molecule has 0 spiro atoms. The summed E-state index contributed by atoms with van der Waals surface area (Å²) in [5.41, 5.74) is -0.939. The molecule has 124 valence electrons. The number of rotatable bonds is 4. The number of halogens is 4. The highest BCUT2D eigenvalue weighted by Gasteiger charge is 2.70. The SMILES string of the molecule is CN[C@@H](c1ccc(F)nc1C)[n+]1cn(C2(C(F)(F)F)CC2)nn1. The highest BCUT2D eigenvalue weighted by atomic mass is 19.4. The second-order valence-corrected chi connectivity index (χ2v) is 5.55. The van der Waals surface area contributed by atoms with Crippen molar-refractivity contribution in [2.75, 3.05) is 7.05 Å². The maximum Gasteiger partial charge on any atom is 0.428 e. The molecule has 1 atom stereocenters. The van der Waals surface area contributed by atoms with Gasteiger partial charge in [0.2, 0.25) is 17.8 Å². The third-order valence-electron chi connectivity index (χ3n) is 4.08. The van der Waals surface area contributed by atoms with Gasteiger partial charge in [0.15, 0.2) is 11.4 Å². The lowest BCUT2D eigenvalue weighted by Crippen LogP contribution is -2.49. The van der Waals surface area contributed by atoms with Crippen LogP contribution in [0.15, 0.2) is 18.5 Å². The number of nitrogens with zero attached hydrogens (tertiary/aromatic N) is 5. The number of hydrogen-bond donors (Lipinski definition) is 1. The molecule has 23 heavy (non-hydrogen) atoms. The summed E-state index contributed by atoms with van der Waals surface area (Å²) < 4.78 is 54.7. The summed E-state index contributed by atoms with van der Waals surface area (Å²) in [4.78, 5) is 3.72. The minimum atomic E-state index is -4.37. The van der Waals surface area contributed by atoms with E-state index in [1.807, 2.05) is 0 Å². The maximum absolute atomic E-state index is 13.1. The van der Waals surface area contributed by atoms with Crippen molar-refractivity contribution in [3.63, 3.8) is 0 Å². The van der Waals surface area contributed by atoms with E-state index in [4.69, 9.17) is 0 Å². The van der Waals surface area contributed by atoms with Gasteiger partial charge in [-0.25, -0.2) is 4.98 Å². The number of pyridine rings is 1. The largest absolute Gasteiger partial charge is 0.428 e. The summed E-state index contributed by atoms with van der Waals surface area (Å²) in [6.45, 7) is 1.62. The minimum Gasteiger partial charge on any atom is -0.282 e. The van der Waals surface area contributed by atoms with Crippen LogP contribution in [0.5, 0.6) is 0 Å². The van der Waals surface area contributed by atoms with Crippen molar-refractivity contribution in [2.45, 2.75) is 37.6 Å². The third-order valence-corrected chi connectivity index (χ3v) is 4.08. The van der Waals surface area contributed by atoms with Gasteiger partial charge in [-0.2, -0.15) is 17.6 Å². The smallest absolute Gasteiger partial charge is 0.282 e. The quantitative estimate of drug-likeness (QED) is 0.520. The average Bonchev–Trinajstić information content (AvgIpc) is 3.15. The maximum atomic E-state index is 13.1. The number of aromatic nitrogens is 5. The predicted molar refractivity (Wildman–Crippen MR) is 69.6 cm³/mol. The van der Waals surface area contributed by atoms with Crippen molar-refractivity contribution in [1.82, 2.24) is 25.4 Å². The summed E-state index contributed by atoms with van der Waals surface area (Å²) in [7, 11) is 1.62. The van der Waals surface area contributed by atoms with Crippen LogP contribution in [0.4, 0.5) is 17.6 Å². The molecule has 2 heterocycles. The van der Waals surface area contributed by atoms with Crippen molar-refractivity contribution < 1.29 is 22.2 Å². The molecule has 0 amide bonds. The first-order valence-electron chi connectivity index (χ1n) is 7.00. The van der Waals surface area contributed by atoms with Crippen molar-refractivity contribution in [3.8, 4) is 0 Å². The molecule has 0 radical (unpaired) electrons. The zero-order valence-electron chi connectivity index (χ0n) is 12.5. The van der Waals surface area contributed by atoms with E-state index in [2.05, 4.69) is 20.7 Å². The molecule has 2 aromatic heterocycles. The summed E-state index contributed by atoms with van der Waals surface area (Å²) in [6, 6.07) is 2.71. The molecular weight excluding hydrogens is 316 g/mol. The number of hydrogen-bond acceptors (Lipinski definition) is 4. The van der Waals surface area contributed by atoms with Crippen molar-refractivity contribution >= 4 is 0 Å². The number of tetrazole rings is 1. The summed E-state index contributed by atoms with van der Waals surface area (Å²) in [6.07, 6.45) is -3.78. The molecule has 1 saturated carbocycles. The van der Waals surface area contributed by atoms with Crippen molar-refractivity contribution in [3.05, 3.63) is 35.7 Å². The number of alkyl halides is 3. The first kappa shape index (κ1) is 15.8. The van der Waals surface area contributed by atoms with Crippen LogP contribution in [0.3, 0.4) is 0 Å². The van der Waals surface area contributed by atoms with E-state index < -0.39 is 23.8 Å². The second-order valence-electron chi connectivity index (χ2n) is 5.55. The highest BCUT2D eigenvalue weighted by molar-refractivity contribution is 5.20. The Bertz CT molecular complexity index is 721. The van der Waals surface area contributed by atoms with E-state index in [1.54, 1.807) is 14.0 Å². The lowest BCUT2D eigenvalue weighted by atomic mass is 10.1. The molecule has 0 aliphatic heterocycles. The molecule has 1 aliphatic carbocycles. The fourth-order valence-electron chi connectivity index (χ4n) is 2.58. The highest BCUT2D eigenvalue weighted by Crippen LogP contribution is 2.54. The van der Waals surface area contributed by atoms with Gasteiger partial charge in [-0.05, 0) is 26.1 Å². The van der Waals surface area contributed by atoms with Gasteiger partial charge in [-0.1, -0.05) is 4.68 Å². The molecule has 0 unspecified atom stereocenters. The molecule has 1 fully saturated rings. The molecular formula is C13H15F4N6+. The Morgan fingerprint density at radius 1 is 1.35 bits per heavy atom. The Labute approximate surface area is 129 Å². The Morgan fingerprint density at radius 2 is 2.04 bits per heavy atom. The molecule has 6 nitrogen and oxygen atoms in total. The second kappa shape index (κ2) is 5.22. The topological polar surface area (TPSA) is 59.5 Å². The standard InChI is InChI=1S/C13H15F4N6/c1-8-9(3-4-10(14)19-8)11(18-2)22-7-23(21-20-22)12(5-6-12)13(15,16)17/h3-4,7,11,18H,5-6H2,1-2H3/q+1/t11-/m1/s1. The number of aryl methyl sites for hydroxylation is 1. The summed E-state index contributed by atoms with van der Waals surface area (Å²) >= 11 is 0. The van der Waals surface area contributed by atoms with Crippen LogP contribution in [0.25, 0.3) is 0 Å². The zero-order chi connectivity index (χ0) is 16.8. The molecule has 0 saturated heterocycles. The Kier molecular flexibility index (Phi) is 3.58. The first-order valence-corrected chi connectivity index (χ1v) is 7.00. The van der Waals surface area contributed by atoms with Crippen LogP contribution in [-0.4, -0.2) is 33.3 Å². The van der Waals surface area contributed by atoms with Gasteiger partial charge < -0.3 is 0 Å². The lowest BCUT2D eigenvalue weighted by molar-refractivity contribution is -0.774. The van der Waals surface area contributed by atoms with Crippen LogP contribution in [0.1, 0.15) is 30.3 Å². The van der Waals surface area contributed by atoms with Crippen molar-refractivity contribution in [1.29, 1.82) is 0 Å². The minimum absolute atomic E-state index is 0.0127. The van der Waals surface area contributed by atoms with Gasteiger partial charge in [0.25, 0.3) is 0 Å². The summed E-state index contributed by atoms with van der Waals surface area (Å²) in [5.74, 6) is -0.622. The van der Waals surface area contributed by atoms with E-state index in [-0.39, 0.29) is 12.8 Å². The van der Waals surface area contributed by atoms with Crippen LogP contribution in [-0.2, 0) is 5.54 Å². The van der Waals surface area contributed by atoms with Gasteiger partial charge in [-0.3, -0.25) is 5.32 Å². The molecule has 1 N–H and O–H groups in total. The summed E-state index contributed by atoms with van der Waals surface area (Å²) in [5, 5.41) is 10.3. The molecule has 3 rings (SSSR count). The molecule has 10 heteroatoms. The molecule has 0 bridgehead atoms. The van der Waals surface area contributed by atoms with Crippen molar-refractivity contribution in [2.24, 2.45) is 0 Å². The van der Waals surface area contributed by atoms with E-state index in [1.165, 1.54) is 23.1 Å². The normalized spacial score (nSPS) is 18.0. The fraction of sp³-hybridized carbons (Fsp3) is 0.538.